The smallest absolute Gasteiger partial charge is 0.244 e. The van der Waals surface area contributed by atoms with E-state index in [0.29, 0.717) is 6.54 Å². The molecule has 0 aromatic heterocycles. The molecule has 2 N–H and O–H groups in total. The van der Waals surface area contributed by atoms with E-state index in [9.17, 15) is 4.79 Å². The van der Waals surface area contributed by atoms with Crippen LogP contribution in [0.25, 0.3) is 0 Å². The Labute approximate surface area is 95.2 Å². The van der Waals surface area contributed by atoms with E-state index in [0.717, 1.165) is 12.1 Å². The maximum absolute atomic E-state index is 12.0. The first kappa shape index (κ1) is 10.7. The van der Waals surface area contributed by atoms with E-state index in [1.807, 2.05) is 24.3 Å². The predicted molar refractivity (Wildman–Crippen MR) is 63.9 cm³/mol. The summed E-state index contributed by atoms with van der Waals surface area (Å²) in [5.74, 6) is 2.34. The molecule has 0 saturated heterocycles. The Hall–Kier alpha value is -1.79. The molecule has 0 fully saturated rings. The molecule has 1 aromatic rings. The van der Waals surface area contributed by atoms with E-state index < -0.39 is 6.04 Å². The molecule has 0 spiro atoms. The van der Waals surface area contributed by atoms with Gasteiger partial charge in [0, 0.05) is 18.7 Å². The van der Waals surface area contributed by atoms with E-state index in [4.69, 9.17) is 12.2 Å². The third-order valence-corrected chi connectivity index (χ3v) is 2.81. The number of amides is 1. The van der Waals surface area contributed by atoms with Gasteiger partial charge in [0.05, 0.1) is 6.04 Å². The van der Waals surface area contributed by atoms with Gasteiger partial charge in [-0.05, 0) is 18.1 Å². The highest BCUT2D eigenvalue weighted by Gasteiger charge is 2.27. The summed E-state index contributed by atoms with van der Waals surface area (Å²) >= 11 is 0. The quantitative estimate of drug-likeness (QED) is 0.744. The van der Waals surface area contributed by atoms with Crippen molar-refractivity contribution in [3.8, 4) is 12.3 Å². The first-order valence-electron chi connectivity index (χ1n) is 5.32. The molecule has 1 amide bonds. The number of para-hydroxylation sites is 1. The summed E-state index contributed by atoms with van der Waals surface area (Å²) in [5.41, 5.74) is 7.90. The lowest BCUT2D eigenvalue weighted by Gasteiger charge is -2.20. The Morgan fingerprint density at radius 1 is 1.56 bits per heavy atom. The number of rotatable bonds is 2. The van der Waals surface area contributed by atoms with Crippen LogP contribution in [0.3, 0.4) is 0 Å². The Kier molecular flexibility index (Phi) is 2.93. The van der Waals surface area contributed by atoms with Crippen molar-refractivity contribution in [3.05, 3.63) is 29.8 Å². The maximum atomic E-state index is 12.0. The monoisotopic (exact) mass is 214 g/mol. The largest absolute Gasteiger partial charge is 0.319 e. The highest BCUT2D eigenvalue weighted by molar-refractivity contribution is 5.98. The minimum absolute atomic E-state index is 0.0806. The molecule has 0 radical (unpaired) electrons. The number of hydrogen-bond donors (Lipinski definition) is 1. The van der Waals surface area contributed by atoms with Crippen molar-refractivity contribution in [3.63, 3.8) is 0 Å². The molecular weight excluding hydrogens is 200 g/mol. The second kappa shape index (κ2) is 4.38. The topological polar surface area (TPSA) is 46.3 Å². The summed E-state index contributed by atoms with van der Waals surface area (Å²) in [4.78, 5) is 13.7. The molecule has 0 bridgehead atoms. The number of nitrogens with zero attached hydrogens (tertiary/aromatic N) is 1. The molecule has 1 unspecified atom stereocenters. The van der Waals surface area contributed by atoms with Crippen molar-refractivity contribution >= 4 is 11.6 Å². The van der Waals surface area contributed by atoms with Gasteiger partial charge in [0.25, 0.3) is 0 Å². The minimum Gasteiger partial charge on any atom is -0.319 e. The van der Waals surface area contributed by atoms with Gasteiger partial charge >= 0.3 is 0 Å². The Morgan fingerprint density at radius 2 is 2.31 bits per heavy atom. The standard InChI is InChI=1S/C13H14N2O/c1-2-5-11(14)13(16)15-9-8-10-6-3-4-7-12(10)15/h1,3-4,6-7,11H,5,8-9,14H2. The molecule has 2 rings (SSSR count). The average Bonchev–Trinajstić information content (AvgIpc) is 2.72. The fourth-order valence-corrected chi connectivity index (χ4v) is 1.98. The zero-order valence-corrected chi connectivity index (χ0v) is 9.02. The number of anilines is 1. The van der Waals surface area contributed by atoms with Crippen LogP contribution < -0.4 is 10.6 Å². The number of carbonyl (C=O) groups is 1. The third kappa shape index (κ3) is 1.80. The number of carbonyl (C=O) groups excluding carboxylic acids is 1. The SMILES string of the molecule is C#CCC(N)C(=O)N1CCc2ccccc21. The van der Waals surface area contributed by atoms with Crippen molar-refractivity contribution in [1.82, 2.24) is 0 Å². The van der Waals surface area contributed by atoms with Crippen molar-refractivity contribution < 1.29 is 4.79 Å². The fourth-order valence-electron chi connectivity index (χ4n) is 1.98. The second-order valence-electron chi connectivity index (χ2n) is 3.88. The lowest BCUT2D eigenvalue weighted by Crippen LogP contribution is -2.42. The molecule has 16 heavy (non-hydrogen) atoms. The predicted octanol–water partition coefficient (Wildman–Crippen LogP) is 0.926. The van der Waals surface area contributed by atoms with E-state index in [2.05, 4.69) is 5.92 Å². The zero-order valence-electron chi connectivity index (χ0n) is 9.02. The van der Waals surface area contributed by atoms with Gasteiger partial charge in [-0.15, -0.1) is 12.3 Å². The molecule has 0 saturated carbocycles. The van der Waals surface area contributed by atoms with Crippen molar-refractivity contribution in [1.29, 1.82) is 0 Å². The van der Waals surface area contributed by atoms with Gasteiger partial charge in [-0.25, -0.2) is 0 Å². The third-order valence-electron chi connectivity index (χ3n) is 2.81. The Bertz CT molecular complexity index is 447. The van der Waals surface area contributed by atoms with Crippen LogP contribution in [0.4, 0.5) is 5.69 Å². The van der Waals surface area contributed by atoms with Crippen LogP contribution in [0.2, 0.25) is 0 Å². The van der Waals surface area contributed by atoms with Crippen molar-refractivity contribution in [2.75, 3.05) is 11.4 Å². The maximum Gasteiger partial charge on any atom is 0.244 e. The van der Waals surface area contributed by atoms with E-state index in [1.54, 1.807) is 4.90 Å². The van der Waals surface area contributed by atoms with Gasteiger partial charge in [-0.2, -0.15) is 0 Å². The molecule has 1 aromatic carbocycles. The summed E-state index contributed by atoms with van der Waals surface area (Å²) in [6.07, 6.45) is 6.34. The van der Waals surface area contributed by atoms with E-state index in [-0.39, 0.29) is 12.3 Å². The molecule has 3 heteroatoms. The molecular formula is C13H14N2O. The van der Waals surface area contributed by atoms with Crippen LogP contribution >= 0.6 is 0 Å². The summed E-state index contributed by atoms with van der Waals surface area (Å²) in [5, 5.41) is 0. The minimum atomic E-state index is -0.587. The number of nitrogens with two attached hydrogens (primary N) is 1. The number of terminal acetylenes is 1. The first-order valence-corrected chi connectivity index (χ1v) is 5.32. The Balaban J connectivity index is 2.20. The van der Waals surface area contributed by atoms with Gasteiger partial charge in [0.15, 0.2) is 0 Å². The lowest BCUT2D eigenvalue weighted by atomic mass is 10.1. The van der Waals surface area contributed by atoms with Gasteiger partial charge in [0.1, 0.15) is 0 Å². The fraction of sp³-hybridized carbons (Fsp3) is 0.308. The van der Waals surface area contributed by atoms with Gasteiger partial charge < -0.3 is 10.6 Å². The molecule has 1 aliphatic heterocycles. The molecule has 82 valence electrons. The first-order chi connectivity index (χ1) is 7.74. The molecule has 1 aliphatic rings. The number of benzene rings is 1. The molecule has 1 atom stereocenters. The molecule has 3 nitrogen and oxygen atoms in total. The van der Waals surface area contributed by atoms with Crippen molar-refractivity contribution in [2.45, 2.75) is 18.9 Å². The lowest BCUT2D eigenvalue weighted by molar-refractivity contribution is -0.119. The summed E-state index contributed by atoms with van der Waals surface area (Å²) in [6, 6.07) is 7.31. The normalized spacial score (nSPS) is 15.4. The highest BCUT2D eigenvalue weighted by Crippen LogP contribution is 2.27. The van der Waals surface area contributed by atoms with Crippen LogP contribution in [0.15, 0.2) is 24.3 Å². The van der Waals surface area contributed by atoms with E-state index in [1.165, 1.54) is 5.56 Å². The Morgan fingerprint density at radius 3 is 3.06 bits per heavy atom. The number of fused-ring (bicyclic) bond motifs is 1. The van der Waals surface area contributed by atoms with Crippen LogP contribution in [0, 0.1) is 12.3 Å². The molecule has 1 heterocycles. The van der Waals surface area contributed by atoms with Crippen LogP contribution in [0.1, 0.15) is 12.0 Å². The van der Waals surface area contributed by atoms with E-state index >= 15 is 0 Å². The average molecular weight is 214 g/mol. The number of hydrogen-bond acceptors (Lipinski definition) is 2. The van der Waals surface area contributed by atoms with Crippen LogP contribution in [0.5, 0.6) is 0 Å². The van der Waals surface area contributed by atoms with Gasteiger partial charge in [-0.1, -0.05) is 18.2 Å². The summed E-state index contributed by atoms with van der Waals surface area (Å²) in [6.45, 7) is 0.705. The highest BCUT2D eigenvalue weighted by atomic mass is 16.2. The van der Waals surface area contributed by atoms with Crippen molar-refractivity contribution in [2.24, 2.45) is 5.73 Å². The second-order valence-corrected chi connectivity index (χ2v) is 3.88. The van der Waals surface area contributed by atoms with Crippen LogP contribution in [-0.2, 0) is 11.2 Å². The summed E-state index contributed by atoms with van der Waals surface area (Å²) in [7, 11) is 0. The van der Waals surface area contributed by atoms with Crippen LogP contribution in [-0.4, -0.2) is 18.5 Å². The van der Waals surface area contributed by atoms with Gasteiger partial charge in [0.2, 0.25) is 5.91 Å². The molecule has 0 aliphatic carbocycles. The van der Waals surface area contributed by atoms with Gasteiger partial charge in [-0.3, -0.25) is 4.79 Å². The summed E-state index contributed by atoms with van der Waals surface area (Å²) < 4.78 is 0. The zero-order chi connectivity index (χ0) is 11.5.